The van der Waals surface area contributed by atoms with Crippen molar-refractivity contribution in [2.24, 2.45) is 17.8 Å². The van der Waals surface area contributed by atoms with E-state index in [1.807, 2.05) is 6.92 Å². The summed E-state index contributed by atoms with van der Waals surface area (Å²) < 4.78 is 41.7. The molecular weight excluding hydrogens is 644 g/mol. The number of ether oxygens (including phenoxy) is 2. The number of nitrogens with zero attached hydrogens (tertiary/aromatic N) is 2. The van der Waals surface area contributed by atoms with Gasteiger partial charge in [0, 0.05) is 30.5 Å². The molecule has 10 nitrogen and oxygen atoms in total. The molecule has 2 heterocycles. The number of para-hydroxylation sites is 1. The third kappa shape index (κ3) is 6.30. The minimum absolute atomic E-state index is 0.0230. The minimum atomic E-state index is -4.08. The number of anilines is 1. The highest BCUT2D eigenvalue weighted by Crippen LogP contribution is 2.63. The standard InChI is InChI=1S/C38H48N2O8S/c1-7-9-10-11-14-28-32(34(42)47-8-2)38(30-15-12-13-16-31(30)40(35(38)43)36(44)48-37(4,5)6)29(22-24-41)27-21-23-39(33(27)28)49(45,46)26-19-17-25(3)18-20-26/h12-13,15-20,24,28-29,32H,7-11,14,21-23H2,1-6H3/t28-,29-,32+,38+/m0/s1. The Morgan fingerprint density at radius 2 is 1.71 bits per heavy atom. The molecule has 4 atom stereocenters. The summed E-state index contributed by atoms with van der Waals surface area (Å²) in [6.07, 6.45) is 3.75. The van der Waals surface area contributed by atoms with Crippen LogP contribution in [0, 0.1) is 24.7 Å². The number of fused-ring (bicyclic) bond motifs is 2. The van der Waals surface area contributed by atoms with Crippen LogP contribution in [0.2, 0.25) is 0 Å². The van der Waals surface area contributed by atoms with E-state index in [0.717, 1.165) is 29.7 Å². The predicted octanol–water partition coefficient (Wildman–Crippen LogP) is 6.85. The fourth-order valence-corrected chi connectivity index (χ4v) is 9.69. The van der Waals surface area contributed by atoms with Gasteiger partial charge in [-0.1, -0.05) is 68.5 Å². The van der Waals surface area contributed by atoms with Crippen molar-refractivity contribution in [1.82, 2.24) is 4.31 Å². The van der Waals surface area contributed by atoms with Gasteiger partial charge in [-0.3, -0.25) is 13.9 Å². The lowest BCUT2D eigenvalue weighted by molar-refractivity contribution is -0.158. The molecule has 3 aliphatic rings. The van der Waals surface area contributed by atoms with Gasteiger partial charge < -0.3 is 14.3 Å². The van der Waals surface area contributed by atoms with Crippen molar-refractivity contribution in [1.29, 1.82) is 0 Å². The van der Waals surface area contributed by atoms with Gasteiger partial charge >= 0.3 is 12.1 Å². The number of carbonyl (C=O) groups excluding carboxylic acids is 4. The molecule has 0 N–H and O–H groups in total. The summed E-state index contributed by atoms with van der Waals surface area (Å²) in [5, 5.41) is 0. The first-order valence-corrected chi connectivity index (χ1v) is 18.8. The lowest BCUT2D eigenvalue weighted by Gasteiger charge is -2.49. The summed E-state index contributed by atoms with van der Waals surface area (Å²) in [4.78, 5) is 57.4. The normalized spacial score (nSPS) is 23.5. The number of amides is 2. The monoisotopic (exact) mass is 692 g/mol. The summed E-state index contributed by atoms with van der Waals surface area (Å²) in [7, 11) is -4.08. The second kappa shape index (κ2) is 14.1. The summed E-state index contributed by atoms with van der Waals surface area (Å²) in [5.41, 5.74) is 0.0919. The molecule has 2 aromatic carbocycles. The van der Waals surface area contributed by atoms with E-state index in [-0.39, 0.29) is 36.6 Å². The number of aryl methyl sites for hydroxylation is 1. The van der Waals surface area contributed by atoms with E-state index in [2.05, 4.69) is 6.92 Å². The van der Waals surface area contributed by atoms with Crippen molar-refractivity contribution in [3.63, 3.8) is 0 Å². The summed E-state index contributed by atoms with van der Waals surface area (Å²) >= 11 is 0. The molecule has 11 heteroatoms. The molecular formula is C38H48N2O8S. The zero-order chi connectivity index (χ0) is 35.7. The maximum Gasteiger partial charge on any atom is 0.421 e. The Morgan fingerprint density at radius 1 is 1.02 bits per heavy atom. The van der Waals surface area contributed by atoms with Crippen LogP contribution >= 0.6 is 0 Å². The molecule has 0 saturated heterocycles. The molecule has 2 amide bonds. The fourth-order valence-electron chi connectivity index (χ4n) is 8.12. The van der Waals surface area contributed by atoms with Crippen molar-refractivity contribution < 1.29 is 37.1 Å². The Hall–Kier alpha value is -3.99. The number of allylic oxidation sites excluding steroid dienone is 1. The SMILES string of the molecule is CCCCCC[C@@H]1C2=C(CCN2S(=O)(=O)c2ccc(C)cc2)[C@H](CC=O)[C@]2(C(=O)N(C(=O)OC(C)(C)C)c3ccccc32)[C@H]1C(=O)OCC. The van der Waals surface area contributed by atoms with E-state index in [0.29, 0.717) is 36.0 Å². The van der Waals surface area contributed by atoms with Gasteiger partial charge in [-0.25, -0.2) is 18.1 Å². The molecule has 0 bridgehead atoms. The van der Waals surface area contributed by atoms with Crippen LogP contribution in [0.1, 0.15) is 90.7 Å². The molecule has 0 unspecified atom stereocenters. The molecule has 2 aliphatic heterocycles. The Bertz CT molecular complexity index is 1740. The lowest BCUT2D eigenvalue weighted by atomic mass is 9.52. The van der Waals surface area contributed by atoms with Crippen molar-refractivity contribution in [2.45, 2.75) is 102 Å². The van der Waals surface area contributed by atoms with Crippen molar-refractivity contribution >= 4 is 40.0 Å². The van der Waals surface area contributed by atoms with Gasteiger partial charge in [0.2, 0.25) is 5.91 Å². The first kappa shape index (κ1) is 36.3. The molecule has 0 fully saturated rings. The second-order valence-corrected chi connectivity index (χ2v) is 16.1. The second-order valence-electron chi connectivity index (χ2n) is 14.2. The molecule has 49 heavy (non-hydrogen) atoms. The number of imide groups is 1. The number of hydrogen-bond acceptors (Lipinski definition) is 8. The highest BCUT2D eigenvalue weighted by atomic mass is 32.2. The molecule has 264 valence electrons. The third-order valence-corrected chi connectivity index (χ3v) is 11.8. The maximum atomic E-state index is 15.3. The molecule has 2 aromatic rings. The van der Waals surface area contributed by atoms with Gasteiger partial charge in [-0.05, 0) is 76.8 Å². The Balaban J connectivity index is 1.81. The van der Waals surface area contributed by atoms with Crippen LogP contribution in [0.15, 0.2) is 64.7 Å². The number of sulfonamides is 1. The highest BCUT2D eigenvalue weighted by molar-refractivity contribution is 7.89. The van der Waals surface area contributed by atoms with Gasteiger partial charge in [-0.15, -0.1) is 0 Å². The molecule has 5 rings (SSSR count). The van der Waals surface area contributed by atoms with Gasteiger partial charge in [0.1, 0.15) is 11.9 Å². The Morgan fingerprint density at radius 3 is 2.35 bits per heavy atom. The van der Waals surface area contributed by atoms with E-state index in [4.69, 9.17) is 9.47 Å². The third-order valence-electron chi connectivity index (χ3n) is 9.97. The zero-order valence-corrected chi connectivity index (χ0v) is 30.2. The first-order valence-electron chi connectivity index (χ1n) is 17.3. The van der Waals surface area contributed by atoms with E-state index < -0.39 is 56.8 Å². The van der Waals surface area contributed by atoms with Gasteiger partial charge in [0.05, 0.1) is 28.5 Å². The van der Waals surface area contributed by atoms with E-state index >= 15 is 4.79 Å². The Labute approximate surface area is 289 Å². The summed E-state index contributed by atoms with van der Waals surface area (Å²) in [5.74, 6) is -4.24. The summed E-state index contributed by atoms with van der Waals surface area (Å²) in [6, 6.07) is 13.5. The van der Waals surface area contributed by atoms with Crippen LogP contribution in [0.25, 0.3) is 0 Å². The van der Waals surface area contributed by atoms with Crippen LogP contribution in [0.4, 0.5) is 10.5 Å². The van der Waals surface area contributed by atoms with E-state index in [1.165, 1.54) is 4.31 Å². The fraction of sp³-hybridized carbons (Fsp3) is 0.526. The average molecular weight is 693 g/mol. The van der Waals surface area contributed by atoms with Gasteiger partial charge in [-0.2, -0.15) is 0 Å². The maximum absolute atomic E-state index is 15.3. The quantitative estimate of drug-likeness (QED) is 0.142. The predicted molar refractivity (Wildman–Crippen MR) is 185 cm³/mol. The average Bonchev–Trinajstić information content (AvgIpc) is 3.59. The Kier molecular flexibility index (Phi) is 10.4. The topological polar surface area (TPSA) is 127 Å². The number of hydrogen-bond donors (Lipinski definition) is 0. The molecule has 0 radical (unpaired) electrons. The molecule has 1 spiro atoms. The first-order chi connectivity index (χ1) is 23.2. The summed E-state index contributed by atoms with van der Waals surface area (Å²) in [6.45, 7) is 10.9. The number of benzene rings is 2. The molecule has 0 aromatic heterocycles. The molecule has 1 aliphatic carbocycles. The number of esters is 1. The van der Waals surface area contributed by atoms with Crippen molar-refractivity contribution in [3.8, 4) is 0 Å². The van der Waals surface area contributed by atoms with Crippen LogP contribution < -0.4 is 4.90 Å². The largest absolute Gasteiger partial charge is 0.466 e. The number of rotatable bonds is 11. The van der Waals surface area contributed by atoms with Crippen LogP contribution in [0.3, 0.4) is 0 Å². The lowest BCUT2D eigenvalue weighted by Crippen LogP contribution is -2.60. The van der Waals surface area contributed by atoms with Gasteiger partial charge in [0.15, 0.2) is 0 Å². The smallest absolute Gasteiger partial charge is 0.421 e. The number of aldehydes is 1. The molecule has 0 saturated carbocycles. The number of unbranched alkanes of at least 4 members (excludes halogenated alkanes) is 3. The van der Waals surface area contributed by atoms with Crippen molar-refractivity contribution in [2.75, 3.05) is 18.1 Å². The van der Waals surface area contributed by atoms with Crippen LogP contribution in [0.5, 0.6) is 0 Å². The van der Waals surface area contributed by atoms with E-state index in [1.54, 1.807) is 76.2 Å². The zero-order valence-electron chi connectivity index (χ0n) is 29.4. The number of carbonyl (C=O) groups is 4. The van der Waals surface area contributed by atoms with Crippen LogP contribution in [-0.2, 0) is 39.3 Å². The van der Waals surface area contributed by atoms with E-state index in [9.17, 15) is 22.8 Å². The van der Waals surface area contributed by atoms with Gasteiger partial charge in [0.25, 0.3) is 10.0 Å². The minimum Gasteiger partial charge on any atom is -0.466 e. The van der Waals surface area contributed by atoms with Crippen molar-refractivity contribution in [3.05, 3.63) is 70.9 Å². The van der Waals surface area contributed by atoms with Crippen LogP contribution in [-0.4, -0.2) is 55.7 Å². The highest BCUT2D eigenvalue weighted by Gasteiger charge is 2.69.